The zero-order chi connectivity index (χ0) is 20.4. The van der Waals surface area contributed by atoms with E-state index in [-0.39, 0.29) is 11.3 Å². The third-order valence-corrected chi connectivity index (χ3v) is 6.26. The molecule has 154 valence electrons. The molecule has 4 heterocycles. The molecular formula is C24H26N4O2. The van der Waals surface area contributed by atoms with Crippen molar-refractivity contribution in [2.45, 2.75) is 12.8 Å². The van der Waals surface area contributed by atoms with Crippen LogP contribution >= 0.6 is 0 Å². The van der Waals surface area contributed by atoms with Crippen molar-refractivity contribution in [2.75, 3.05) is 44.3 Å². The molecule has 2 aliphatic heterocycles. The fourth-order valence-corrected chi connectivity index (χ4v) is 4.83. The number of piperidine rings is 1. The van der Waals surface area contributed by atoms with Gasteiger partial charge in [0.2, 0.25) is 0 Å². The van der Waals surface area contributed by atoms with Crippen molar-refractivity contribution in [1.29, 1.82) is 0 Å². The molecule has 0 N–H and O–H groups in total. The number of rotatable bonds is 2. The standard InChI is InChI=1S/C24H26N4O2/c29-23(21-8-1-5-19-6-2-11-26-22(19)21)28-12-4-9-24(17-28)16-27(13-14-30-18-24)20-7-3-10-25-15-20/h1-3,5-8,10-11,15H,4,9,12-14,16-18H2. The maximum absolute atomic E-state index is 13.5. The van der Waals surface area contributed by atoms with Gasteiger partial charge in [0.05, 0.1) is 36.2 Å². The van der Waals surface area contributed by atoms with Gasteiger partial charge in [-0.2, -0.15) is 0 Å². The molecule has 30 heavy (non-hydrogen) atoms. The minimum absolute atomic E-state index is 0.0653. The second-order valence-corrected chi connectivity index (χ2v) is 8.40. The predicted octanol–water partition coefficient (Wildman–Crippen LogP) is 3.39. The zero-order valence-corrected chi connectivity index (χ0v) is 17.0. The van der Waals surface area contributed by atoms with Crippen LogP contribution in [-0.4, -0.2) is 60.2 Å². The highest BCUT2D eigenvalue weighted by atomic mass is 16.5. The number of carbonyl (C=O) groups excluding carboxylic acids is 1. The van der Waals surface area contributed by atoms with Crippen LogP contribution in [0.5, 0.6) is 0 Å². The third kappa shape index (κ3) is 3.63. The van der Waals surface area contributed by atoms with Crippen molar-refractivity contribution < 1.29 is 9.53 Å². The minimum Gasteiger partial charge on any atom is -0.379 e. The van der Waals surface area contributed by atoms with Crippen molar-refractivity contribution in [3.8, 4) is 0 Å². The number of pyridine rings is 2. The normalized spacial score (nSPS) is 22.3. The van der Waals surface area contributed by atoms with Gasteiger partial charge in [-0.3, -0.25) is 14.8 Å². The highest BCUT2D eigenvalue weighted by molar-refractivity contribution is 6.05. The lowest BCUT2D eigenvalue weighted by atomic mass is 9.79. The van der Waals surface area contributed by atoms with Crippen molar-refractivity contribution >= 4 is 22.5 Å². The van der Waals surface area contributed by atoms with Crippen molar-refractivity contribution in [2.24, 2.45) is 5.41 Å². The quantitative estimate of drug-likeness (QED) is 0.658. The average Bonchev–Trinajstić information content (AvgIpc) is 3.01. The number of likely N-dealkylation sites (tertiary alicyclic amines) is 1. The minimum atomic E-state index is -0.0712. The van der Waals surface area contributed by atoms with E-state index in [9.17, 15) is 4.79 Å². The fraction of sp³-hybridized carbons (Fsp3) is 0.375. The smallest absolute Gasteiger partial charge is 0.256 e. The number of hydrogen-bond acceptors (Lipinski definition) is 5. The molecule has 6 heteroatoms. The van der Waals surface area contributed by atoms with Crippen LogP contribution in [0.25, 0.3) is 10.9 Å². The molecule has 0 bridgehead atoms. The van der Waals surface area contributed by atoms with Gasteiger partial charge in [0.1, 0.15) is 0 Å². The Balaban J connectivity index is 1.41. The summed E-state index contributed by atoms with van der Waals surface area (Å²) >= 11 is 0. The molecule has 2 saturated heterocycles. The van der Waals surface area contributed by atoms with Gasteiger partial charge in [0, 0.05) is 49.4 Å². The molecule has 0 saturated carbocycles. The Labute approximate surface area is 176 Å². The van der Waals surface area contributed by atoms with Crippen LogP contribution in [0.3, 0.4) is 0 Å². The summed E-state index contributed by atoms with van der Waals surface area (Å²) in [6.45, 7) is 4.56. The number of amides is 1. The van der Waals surface area contributed by atoms with Gasteiger partial charge >= 0.3 is 0 Å². The van der Waals surface area contributed by atoms with Crippen molar-refractivity contribution in [3.63, 3.8) is 0 Å². The molecule has 0 aliphatic carbocycles. The second kappa shape index (κ2) is 8.03. The first-order valence-electron chi connectivity index (χ1n) is 10.6. The molecule has 1 amide bonds. The number of para-hydroxylation sites is 1. The van der Waals surface area contributed by atoms with Gasteiger partial charge in [-0.05, 0) is 37.1 Å². The van der Waals surface area contributed by atoms with E-state index < -0.39 is 0 Å². The molecule has 1 atom stereocenters. The maximum atomic E-state index is 13.5. The summed E-state index contributed by atoms with van der Waals surface area (Å²) in [6, 6.07) is 13.8. The zero-order valence-electron chi connectivity index (χ0n) is 17.0. The maximum Gasteiger partial charge on any atom is 0.256 e. The molecule has 5 rings (SSSR count). The summed E-state index contributed by atoms with van der Waals surface area (Å²) in [6.07, 6.45) is 7.50. The summed E-state index contributed by atoms with van der Waals surface area (Å²) < 4.78 is 6.03. The first kappa shape index (κ1) is 19.0. The molecule has 2 aromatic heterocycles. The van der Waals surface area contributed by atoms with E-state index in [1.807, 2.05) is 47.5 Å². The van der Waals surface area contributed by atoms with Crippen molar-refractivity contribution in [3.05, 3.63) is 66.6 Å². The lowest BCUT2D eigenvalue weighted by Crippen LogP contribution is -2.52. The lowest BCUT2D eigenvalue weighted by Gasteiger charge is -2.44. The number of fused-ring (bicyclic) bond motifs is 1. The monoisotopic (exact) mass is 402 g/mol. The average molecular weight is 402 g/mol. The van der Waals surface area contributed by atoms with Crippen LogP contribution in [0.1, 0.15) is 23.2 Å². The molecule has 0 radical (unpaired) electrons. The van der Waals surface area contributed by atoms with E-state index in [4.69, 9.17) is 4.74 Å². The summed E-state index contributed by atoms with van der Waals surface area (Å²) in [5.41, 5.74) is 2.50. The number of carbonyl (C=O) groups is 1. The van der Waals surface area contributed by atoms with Crippen LogP contribution in [-0.2, 0) is 4.74 Å². The molecular weight excluding hydrogens is 376 g/mol. The number of ether oxygens (including phenoxy) is 1. The van der Waals surface area contributed by atoms with E-state index >= 15 is 0 Å². The first-order chi connectivity index (χ1) is 14.7. The van der Waals surface area contributed by atoms with Gasteiger partial charge in [-0.15, -0.1) is 0 Å². The Bertz CT molecular complexity index is 1040. The summed E-state index contributed by atoms with van der Waals surface area (Å²) in [7, 11) is 0. The molecule has 1 spiro atoms. The third-order valence-electron chi connectivity index (χ3n) is 6.26. The molecule has 3 aromatic rings. The predicted molar refractivity (Wildman–Crippen MR) is 117 cm³/mol. The van der Waals surface area contributed by atoms with E-state index in [1.54, 1.807) is 12.4 Å². The highest BCUT2D eigenvalue weighted by Crippen LogP contribution is 2.35. The molecule has 1 aromatic carbocycles. The first-order valence-corrected chi connectivity index (χ1v) is 10.6. The number of aromatic nitrogens is 2. The highest BCUT2D eigenvalue weighted by Gasteiger charge is 2.40. The Morgan fingerprint density at radius 3 is 2.83 bits per heavy atom. The van der Waals surface area contributed by atoms with Crippen LogP contribution in [0.15, 0.2) is 61.1 Å². The Morgan fingerprint density at radius 2 is 1.93 bits per heavy atom. The summed E-state index contributed by atoms with van der Waals surface area (Å²) in [5, 5.41) is 0.996. The van der Waals surface area contributed by atoms with E-state index in [2.05, 4.69) is 20.9 Å². The van der Waals surface area contributed by atoms with E-state index in [0.29, 0.717) is 25.3 Å². The molecule has 1 unspecified atom stereocenters. The Hall–Kier alpha value is -2.99. The number of nitrogens with zero attached hydrogens (tertiary/aromatic N) is 4. The summed E-state index contributed by atoms with van der Waals surface area (Å²) in [4.78, 5) is 26.6. The largest absolute Gasteiger partial charge is 0.379 e. The summed E-state index contributed by atoms with van der Waals surface area (Å²) in [5.74, 6) is 0.0653. The van der Waals surface area contributed by atoms with Gasteiger partial charge in [0.25, 0.3) is 5.91 Å². The molecule has 6 nitrogen and oxygen atoms in total. The van der Waals surface area contributed by atoms with Crippen LogP contribution in [0, 0.1) is 5.41 Å². The lowest BCUT2D eigenvalue weighted by molar-refractivity contribution is 0.0136. The molecule has 2 aliphatic rings. The van der Waals surface area contributed by atoms with E-state index in [1.165, 1.54) is 0 Å². The van der Waals surface area contributed by atoms with Crippen LogP contribution in [0.4, 0.5) is 5.69 Å². The topological polar surface area (TPSA) is 58.6 Å². The number of benzene rings is 1. The molecule has 2 fully saturated rings. The van der Waals surface area contributed by atoms with Gasteiger partial charge in [-0.25, -0.2) is 0 Å². The SMILES string of the molecule is O=C(c1cccc2cccnc12)N1CCCC2(COCCN(c3cccnc3)C2)C1. The van der Waals surface area contributed by atoms with Gasteiger partial charge < -0.3 is 14.5 Å². The Morgan fingerprint density at radius 1 is 1.03 bits per heavy atom. The number of anilines is 1. The van der Waals surface area contributed by atoms with Crippen molar-refractivity contribution in [1.82, 2.24) is 14.9 Å². The Kier molecular flexibility index (Phi) is 5.09. The van der Waals surface area contributed by atoms with Gasteiger partial charge in [0.15, 0.2) is 0 Å². The van der Waals surface area contributed by atoms with Gasteiger partial charge in [-0.1, -0.05) is 18.2 Å². The van der Waals surface area contributed by atoms with Crippen LogP contribution < -0.4 is 4.90 Å². The van der Waals surface area contributed by atoms with Crippen LogP contribution in [0.2, 0.25) is 0 Å². The fourth-order valence-electron chi connectivity index (χ4n) is 4.83. The number of hydrogen-bond donors (Lipinski definition) is 0. The second-order valence-electron chi connectivity index (χ2n) is 8.40. The van der Waals surface area contributed by atoms with E-state index in [0.717, 1.165) is 49.1 Å².